The molecule has 0 aliphatic heterocycles. The van der Waals surface area contributed by atoms with Gasteiger partial charge in [0.1, 0.15) is 6.54 Å². The number of esters is 1. The van der Waals surface area contributed by atoms with E-state index < -0.39 is 5.97 Å². The molecule has 1 aromatic carbocycles. The van der Waals surface area contributed by atoms with E-state index >= 15 is 0 Å². The summed E-state index contributed by atoms with van der Waals surface area (Å²) in [7, 11) is 0. The number of nitrogens with zero attached hydrogens (tertiary/aromatic N) is 1. The molecule has 0 aliphatic carbocycles. The second-order valence-corrected chi connectivity index (χ2v) is 6.23. The van der Waals surface area contributed by atoms with Crippen LogP contribution in [0.3, 0.4) is 0 Å². The molecule has 1 aromatic rings. The van der Waals surface area contributed by atoms with Crippen molar-refractivity contribution in [1.82, 2.24) is 4.90 Å². The molecule has 4 nitrogen and oxygen atoms in total. The van der Waals surface area contributed by atoms with Gasteiger partial charge in [0, 0.05) is 15.0 Å². The van der Waals surface area contributed by atoms with Gasteiger partial charge in [-0.15, -0.1) is 0 Å². The first-order valence-corrected chi connectivity index (χ1v) is 7.87. The molecule has 0 aromatic heterocycles. The summed E-state index contributed by atoms with van der Waals surface area (Å²) in [6.07, 6.45) is 0. The lowest BCUT2D eigenvalue weighted by molar-refractivity contribution is -0.144. The van der Waals surface area contributed by atoms with Crippen molar-refractivity contribution in [3.05, 3.63) is 32.7 Å². The van der Waals surface area contributed by atoms with Crippen molar-refractivity contribution in [2.24, 2.45) is 0 Å². The summed E-state index contributed by atoms with van der Waals surface area (Å²) >= 11 is 6.71. The lowest BCUT2D eigenvalue weighted by atomic mass is 10.1. The molecule has 1 rings (SSSR count). The van der Waals surface area contributed by atoms with Gasteiger partial charge >= 0.3 is 5.97 Å². The van der Waals surface area contributed by atoms with Crippen molar-refractivity contribution in [3.8, 4) is 0 Å². The molecule has 0 spiro atoms. The SMILES string of the molecule is CCOC(=O)CN(C(=O)c1ccc(Br)cc1Br)C(C)C. The van der Waals surface area contributed by atoms with Gasteiger partial charge in [-0.25, -0.2) is 0 Å². The summed E-state index contributed by atoms with van der Waals surface area (Å²) in [5, 5.41) is 0. The number of hydrogen-bond acceptors (Lipinski definition) is 3. The first-order chi connectivity index (χ1) is 9.36. The van der Waals surface area contributed by atoms with Crippen LogP contribution < -0.4 is 0 Å². The highest BCUT2D eigenvalue weighted by atomic mass is 79.9. The van der Waals surface area contributed by atoms with Crippen LogP contribution in [0, 0.1) is 0 Å². The fourth-order valence-corrected chi connectivity index (χ4v) is 2.87. The molecule has 0 fully saturated rings. The summed E-state index contributed by atoms with van der Waals surface area (Å²) in [4.78, 5) is 25.6. The first-order valence-electron chi connectivity index (χ1n) is 6.28. The van der Waals surface area contributed by atoms with Crippen LogP contribution in [0.1, 0.15) is 31.1 Å². The van der Waals surface area contributed by atoms with Crippen molar-refractivity contribution < 1.29 is 14.3 Å². The third-order valence-electron chi connectivity index (χ3n) is 2.65. The van der Waals surface area contributed by atoms with Gasteiger partial charge in [-0.3, -0.25) is 9.59 Å². The molecule has 0 saturated carbocycles. The predicted octanol–water partition coefficient (Wildman–Crippen LogP) is 3.63. The van der Waals surface area contributed by atoms with Crippen molar-refractivity contribution in [2.75, 3.05) is 13.2 Å². The van der Waals surface area contributed by atoms with E-state index in [1.54, 1.807) is 25.1 Å². The second-order valence-electron chi connectivity index (χ2n) is 4.46. The lowest BCUT2D eigenvalue weighted by Gasteiger charge is -2.26. The summed E-state index contributed by atoms with van der Waals surface area (Å²) < 4.78 is 6.47. The Morgan fingerprint density at radius 2 is 1.95 bits per heavy atom. The summed E-state index contributed by atoms with van der Waals surface area (Å²) in [6, 6.07) is 5.22. The molecule has 1 amide bonds. The number of amides is 1. The topological polar surface area (TPSA) is 46.6 Å². The molecule has 110 valence electrons. The van der Waals surface area contributed by atoms with Gasteiger partial charge in [-0.1, -0.05) is 15.9 Å². The zero-order chi connectivity index (χ0) is 15.3. The lowest BCUT2D eigenvalue weighted by Crippen LogP contribution is -2.41. The zero-order valence-corrected chi connectivity index (χ0v) is 14.8. The molecule has 20 heavy (non-hydrogen) atoms. The molecule has 0 atom stereocenters. The van der Waals surface area contributed by atoms with Crippen molar-refractivity contribution in [1.29, 1.82) is 0 Å². The Kier molecular flexibility index (Phi) is 6.68. The minimum atomic E-state index is -0.400. The number of carbonyl (C=O) groups is 2. The number of halogens is 2. The Balaban J connectivity index is 2.96. The molecule has 0 bridgehead atoms. The first kappa shape index (κ1) is 17.2. The van der Waals surface area contributed by atoms with Crippen molar-refractivity contribution in [2.45, 2.75) is 26.8 Å². The van der Waals surface area contributed by atoms with E-state index in [1.807, 2.05) is 13.8 Å². The summed E-state index contributed by atoms with van der Waals surface area (Å²) in [5.41, 5.74) is 0.520. The van der Waals surface area contributed by atoms with Gasteiger partial charge in [0.05, 0.1) is 12.2 Å². The molecule has 0 radical (unpaired) electrons. The van der Waals surface area contributed by atoms with Gasteiger partial charge in [0.15, 0.2) is 0 Å². The van der Waals surface area contributed by atoms with Crippen LogP contribution in [0.4, 0.5) is 0 Å². The van der Waals surface area contributed by atoms with E-state index in [9.17, 15) is 9.59 Å². The number of rotatable bonds is 5. The Morgan fingerprint density at radius 1 is 1.30 bits per heavy atom. The molecule has 0 unspecified atom stereocenters. The molecular weight excluding hydrogens is 390 g/mol. The average molecular weight is 407 g/mol. The van der Waals surface area contributed by atoms with Gasteiger partial charge < -0.3 is 9.64 Å². The third-order valence-corrected chi connectivity index (χ3v) is 3.80. The van der Waals surface area contributed by atoms with E-state index in [0.717, 1.165) is 4.47 Å². The van der Waals surface area contributed by atoms with Crippen molar-refractivity contribution >= 4 is 43.7 Å². The second kappa shape index (κ2) is 7.78. The Labute approximate surface area is 135 Å². The monoisotopic (exact) mass is 405 g/mol. The molecule has 6 heteroatoms. The quantitative estimate of drug-likeness (QED) is 0.701. The Bertz CT molecular complexity index is 503. The maximum Gasteiger partial charge on any atom is 0.325 e. The van der Waals surface area contributed by atoms with Crippen LogP contribution >= 0.6 is 31.9 Å². The van der Waals surface area contributed by atoms with Crippen LogP contribution in [0.5, 0.6) is 0 Å². The minimum Gasteiger partial charge on any atom is -0.465 e. The highest BCUT2D eigenvalue weighted by Gasteiger charge is 2.23. The van der Waals surface area contributed by atoms with E-state index in [1.165, 1.54) is 4.90 Å². The van der Waals surface area contributed by atoms with Gasteiger partial charge in [0.25, 0.3) is 5.91 Å². The van der Waals surface area contributed by atoms with Crippen LogP contribution in [0.15, 0.2) is 27.1 Å². The highest BCUT2D eigenvalue weighted by Crippen LogP contribution is 2.23. The molecule has 0 saturated heterocycles. The largest absolute Gasteiger partial charge is 0.465 e. The minimum absolute atomic E-state index is 0.0488. The van der Waals surface area contributed by atoms with E-state index in [-0.39, 0.29) is 18.5 Å². The number of benzene rings is 1. The van der Waals surface area contributed by atoms with E-state index in [4.69, 9.17) is 4.74 Å². The number of ether oxygens (including phenoxy) is 1. The maximum absolute atomic E-state index is 12.5. The van der Waals surface area contributed by atoms with Crippen LogP contribution in [0.2, 0.25) is 0 Å². The van der Waals surface area contributed by atoms with Gasteiger partial charge in [0.2, 0.25) is 0 Å². The normalized spacial score (nSPS) is 10.5. The van der Waals surface area contributed by atoms with Crippen LogP contribution in [-0.2, 0) is 9.53 Å². The zero-order valence-electron chi connectivity index (χ0n) is 11.7. The molecule has 0 aliphatic rings. The maximum atomic E-state index is 12.5. The highest BCUT2D eigenvalue weighted by molar-refractivity contribution is 9.11. The van der Waals surface area contributed by atoms with E-state index in [0.29, 0.717) is 16.6 Å². The fraction of sp³-hybridized carbons (Fsp3) is 0.429. The number of carbonyl (C=O) groups excluding carboxylic acids is 2. The van der Waals surface area contributed by atoms with Crippen LogP contribution in [0.25, 0.3) is 0 Å². The summed E-state index contributed by atoms with van der Waals surface area (Å²) in [6.45, 7) is 5.73. The van der Waals surface area contributed by atoms with E-state index in [2.05, 4.69) is 31.9 Å². The van der Waals surface area contributed by atoms with Crippen LogP contribution in [-0.4, -0.2) is 36.0 Å². The predicted molar refractivity (Wildman–Crippen MR) is 84.6 cm³/mol. The summed E-state index contributed by atoms with van der Waals surface area (Å²) in [5.74, 6) is -0.602. The molecule has 0 N–H and O–H groups in total. The fourth-order valence-electron chi connectivity index (χ4n) is 1.65. The smallest absolute Gasteiger partial charge is 0.325 e. The molecular formula is C14H17Br2NO3. The molecule has 0 heterocycles. The van der Waals surface area contributed by atoms with Crippen molar-refractivity contribution in [3.63, 3.8) is 0 Å². The van der Waals surface area contributed by atoms with Gasteiger partial charge in [-0.05, 0) is 54.9 Å². The standard InChI is InChI=1S/C14H17Br2NO3/c1-4-20-13(18)8-17(9(2)3)14(19)11-6-5-10(15)7-12(11)16/h5-7,9H,4,8H2,1-3H3. The Morgan fingerprint density at radius 3 is 2.45 bits per heavy atom. The number of hydrogen-bond donors (Lipinski definition) is 0. The average Bonchev–Trinajstić information content (AvgIpc) is 2.35. The van der Waals surface area contributed by atoms with Gasteiger partial charge in [-0.2, -0.15) is 0 Å². The third kappa shape index (κ3) is 4.59. The Hall–Kier alpha value is -0.880.